The maximum Gasteiger partial charge on any atom is 0.267 e. The molecule has 9 heteroatoms. The van der Waals surface area contributed by atoms with E-state index in [1.54, 1.807) is 23.7 Å². The second kappa shape index (κ2) is 6.63. The molecule has 25 heavy (non-hydrogen) atoms. The average Bonchev–Trinajstić information content (AvgIpc) is 2.89. The van der Waals surface area contributed by atoms with Gasteiger partial charge in [0.2, 0.25) is 5.91 Å². The Balaban J connectivity index is 1.78. The molecule has 3 heterocycles. The smallest absolute Gasteiger partial charge is 0.267 e. The molecule has 0 aliphatic carbocycles. The lowest BCUT2D eigenvalue weighted by Crippen LogP contribution is -2.29. The van der Waals surface area contributed by atoms with Gasteiger partial charge in [-0.05, 0) is 32.9 Å². The number of carbonyl (C=O) groups excluding carboxylic acids is 1. The fourth-order valence-electron chi connectivity index (χ4n) is 2.37. The first kappa shape index (κ1) is 16.5. The quantitative estimate of drug-likeness (QED) is 0.753. The molecule has 0 aliphatic heterocycles. The lowest BCUT2D eigenvalue weighted by atomic mass is 10.4. The largest absolute Gasteiger partial charge is 0.309 e. The van der Waals surface area contributed by atoms with Gasteiger partial charge in [0, 0.05) is 17.8 Å². The van der Waals surface area contributed by atoms with Crippen LogP contribution in [0, 0.1) is 20.8 Å². The molecule has 0 aromatic carbocycles. The molecule has 3 aromatic rings. The maximum absolute atomic E-state index is 12.2. The summed E-state index contributed by atoms with van der Waals surface area (Å²) in [5.41, 5.74) is 2.10. The predicted molar refractivity (Wildman–Crippen MR) is 90.5 cm³/mol. The van der Waals surface area contributed by atoms with Gasteiger partial charge in [-0.15, -0.1) is 0 Å². The Kier molecular flexibility index (Phi) is 4.38. The number of amides is 1. The summed E-state index contributed by atoms with van der Waals surface area (Å²) in [6, 6.07) is 6.52. The third kappa shape index (κ3) is 3.77. The van der Waals surface area contributed by atoms with Crippen molar-refractivity contribution in [2.24, 2.45) is 0 Å². The maximum atomic E-state index is 12.2. The van der Waals surface area contributed by atoms with E-state index in [9.17, 15) is 9.59 Å². The summed E-state index contributed by atoms with van der Waals surface area (Å²) in [5, 5.41) is 11.0. The van der Waals surface area contributed by atoms with Gasteiger partial charge in [0.25, 0.3) is 5.56 Å². The number of carbonyl (C=O) groups is 1. The minimum absolute atomic E-state index is 0.195. The van der Waals surface area contributed by atoms with E-state index in [2.05, 4.69) is 25.5 Å². The molecule has 3 rings (SSSR count). The van der Waals surface area contributed by atoms with Crippen LogP contribution in [0.1, 0.15) is 17.1 Å². The molecule has 1 amide bonds. The predicted octanol–water partition coefficient (Wildman–Crippen LogP) is 0.783. The van der Waals surface area contributed by atoms with Crippen LogP contribution in [0.2, 0.25) is 0 Å². The standard InChI is InChI=1S/C16H17N7O2/c1-10-4-5-16(25)22(20-10)8-15(24)19-13-7-14(18-9-17-13)23-12(3)6-11(2)21-23/h4-7,9H,8H2,1-3H3,(H,17,18,19,24). The second-order valence-electron chi connectivity index (χ2n) is 5.62. The molecule has 0 fully saturated rings. The molecule has 9 nitrogen and oxygen atoms in total. The van der Waals surface area contributed by atoms with Crippen molar-refractivity contribution >= 4 is 11.7 Å². The summed E-state index contributed by atoms with van der Waals surface area (Å²) in [6.45, 7) is 5.36. The van der Waals surface area contributed by atoms with Crippen molar-refractivity contribution < 1.29 is 4.79 Å². The zero-order chi connectivity index (χ0) is 18.0. The molecule has 0 unspecified atom stereocenters. The summed E-state index contributed by atoms with van der Waals surface area (Å²) in [4.78, 5) is 32.1. The van der Waals surface area contributed by atoms with Gasteiger partial charge in [-0.1, -0.05) is 0 Å². The zero-order valence-corrected chi connectivity index (χ0v) is 14.1. The molecule has 0 radical (unpaired) electrons. The topological polar surface area (TPSA) is 108 Å². The van der Waals surface area contributed by atoms with Gasteiger partial charge in [-0.2, -0.15) is 10.2 Å². The summed E-state index contributed by atoms with van der Waals surface area (Å²) < 4.78 is 2.77. The van der Waals surface area contributed by atoms with E-state index in [0.29, 0.717) is 17.3 Å². The molecule has 0 bridgehead atoms. The number of hydrogen-bond donors (Lipinski definition) is 1. The van der Waals surface area contributed by atoms with Crippen LogP contribution >= 0.6 is 0 Å². The Labute approximate surface area is 143 Å². The first-order valence-corrected chi connectivity index (χ1v) is 7.63. The summed E-state index contributed by atoms with van der Waals surface area (Å²) >= 11 is 0. The third-order valence-corrected chi connectivity index (χ3v) is 3.44. The van der Waals surface area contributed by atoms with Crippen molar-refractivity contribution in [1.29, 1.82) is 0 Å². The van der Waals surface area contributed by atoms with Gasteiger partial charge in [-0.3, -0.25) is 9.59 Å². The SMILES string of the molecule is Cc1cc(C)n(-c2cc(NC(=O)Cn3nc(C)ccc3=O)ncn2)n1. The van der Waals surface area contributed by atoms with Crippen molar-refractivity contribution in [2.45, 2.75) is 27.3 Å². The minimum Gasteiger partial charge on any atom is -0.309 e. The van der Waals surface area contributed by atoms with E-state index in [1.165, 1.54) is 12.4 Å². The number of nitrogens with zero attached hydrogens (tertiary/aromatic N) is 6. The van der Waals surface area contributed by atoms with E-state index in [4.69, 9.17) is 0 Å². The van der Waals surface area contributed by atoms with Crippen molar-refractivity contribution in [3.8, 4) is 5.82 Å². The van der Waals surface area contributed by atoms with Gasteiger partial charge < -0.3 is 5.32 Å². The minimum atomic E-state index is -0.404. The van der Waals surface area contributed by atoms with Crippen LogP contribution in [0.3, 0.4) is 0 Å². The highest BCUT2D eigenvalue weighted by Gasteiger charge is 2.10. The number of aromatic nitrogens is 6. The number of hydrogen-bond acceptors (Lipinski definition) is 6. The van der Waals surface area contributed by atoms with Crippen molar-refractivity contribution in [2.75, 3.05) is 5.32 Å². The number of anilines is 1. The molecule has 0 spiro atoms. The molecule has 0 aliphatic rings. The highest BCUT2D eigenvalue weighted by molar-refractivity contribution is 5.89. The number of rotatable bonds is 4. The molecule has 3 aromatic heterocycles. The highest BCUT2D eigenvalue weighted by Crippen LogP contribution is 2.12. The van der Waals surface area contributed by atoms with Crippen molar-refractivity contribution in [1.82, 2.24) is 29.5 Å². The summed E-state index contributed by atoms with van der Waals surface area (Å²) in [5.74, 6) is 0.461. The fourth-order valence-corrected chi connectivity index (χ4v) is 2.37. The van der Waals surface area contributed by atoms with Crippen LogP contribution in [0.4, 0.5) is 5.82 Å². The van der Waals surface area contributed by atoms with Crippen molar-refractivity contribution in [3.05, 3.63) is 58.0 Å². The highest BCUT2D eigenvalue weighted by atomic mass is 16.2. The lowest BCUT2D eigenvalue weighted by Gasteiger charge is -2.08. The monoisotopic (exact) mass is 339 g/mol. The number of aryl methyl sites for hydroxylation is 3. The number of nitrogens with one attached hydrogen (secondary N) is 1. The molecule has 0 atom stereocenters. The van der Waals surface area contributed by atoms with E-state index in [-0.39, 0.29) is 12.1 Å². The van der Waals surface area contributed by atoms with Crippen LogP contribution in [0.25, 0.3) is 5.82 Å². The Morgan fingerprint density at radius 2 is 1.88 bits per heavy atom. The Morgan fingerprint density at radius 3 is 2.60 bits per heavy atom. The molecule has 0 saturated heterocycles. The van der Waals surface area contributed by atoms with Gasteiger partial charge >= 0.3 is 0 Å². The van der Waals surface area contributed by atoms with E-state index >= 15 is 0 Å². The molecular formula is C16H17N7O2. The molecular weight excluding hydrogens is 322 g/mol. The van der Waals surface area contributed by atoms with Gasteiger partial charge in [0.15, 0.2) is 5.82 Å². The van der Waals surface area contributed by atoms with Gasteiger partial charge in [-0.25, -0.2) is 19.3 Å². The van der Waals surface area contributed by atoms with Crippen LogP contribution in [-0.2, 0) is 11.3 Å². The zero-order valence-electron chi connectivity index (χ0n) is 14.1. The Bertz CT molecular complexity index is 990. The van der Waals surface area contributed by atoms with Crippen LogP contribution in [-0.4, -0.2) is 35.4 Å². The molecule has 1 N–H and O–H groups in total. The van der Waals surface area contributed by atoms with Crippen LogP contribution in [0.15, 0.2) is 35.4 Å². The van der Waals surface area contributed by atoms with Crippen molar-refractivity contribution in [3.63, 3.8) is 0 Å². The lowest BCUT2D eigenvalue weighted by molar-refractivity contribution is -0.117. The second-order valence-corrected chi connectivity index (χ2v) is 5.62. The normalized spacial score (nSPS) is 10.7. The van der Waals surface area contributed by atoms with Crippen LogP contribution in [0.5, 0.6) is 0 Å². The molecule has 0 saturated carbocycles. The fraction of sp³-hybridized carbons (Fsp3) is 0.250. The average molecular weight is 339 g/mol. The molecule has 128 valence electrons. The first-order valence-electron chi connectivity index (χ1n) is 7.63. The van der Waals surface area contributed by atoms with Gasteiger partial charge in [0.05, 0.1) is 11.4 Å². The Hall–Kier alpha value is -3.36. The third-order valence-electron chi connectivity index (χ3n) is 3.44. The summed E-state index contributed by atoms with van der Waals surface area (Å²) in [6.07, 6.45) is 1.35. The first-order chi connectivity index (χ1) is 11.9. The Morgan fingerprint density at radius 1 is 1.08 bits per heavy atom. The van der Waals surface area contributed by atoms with E-state index < -0.39 is 5.91 Å². The van der Waals surface area contributed by atoms with Crippen LogP contribution < -0.4 is 10.9 Å². The van der Waals surface area contributed by atoms with Gasteiger partial charge in [0.1, 0.15) is 18.7 Å². The van der Waals surface area contributed by atoms with E-state index in [0.717, 1.165) is 16.1 Å². The summed E-state index contributed by atoms with van der Waals surface area (Å²) in [7, 11) is 0. The van der Waals surface area contributed by atoms with E-state index in [1.807, 2.05) is 19.9 Å².